The highest BCUT2D eigenvalue weighted by Crippen LogP contribution is 2.49. The molecule has 1 aliphatic carbocycles. The van der Waals surface area contributed by atoms with Gasteiger partial charge in [-0.25, -0.2) is 4.79 Å². The van der Waals surface area contributed by atoms with Gasteiger partial charge in [0, 0.05) is 18.2 Å². The Bertz CT molecular complexity index is 1570. The van der Waals surface area contributed by atoms with E-state index in [9.17, 15) is 31.2 Å². The van der Waals surface area contributed by atoms with Crippen LogP contribution in [0.25, 0.3) is 0 Å². The summed E-state index contributed by atoms with van der Waals surface area (Å²) in [4.78, 5) is 28.2. The molecule has 1 fully saturated rings. The van der Waals surface area contributed by atoms with Gasteiger partial charge in [-0.2, -0.15) is 31.0 Å². The molecule has 1 saturated heterocycles. The average molecular weight is 605 g/mol. The SMILES string of the molecule is CCOC(=O)N(c1ccccc1CN1C(=O)/C(=N\Nc2ccccc2)[C@@](C2=C=C2)(C(C)C)C[C@H]1C)S(=O)(=O)C(F)(F)F. The summed E-state index contributed by atoms with van der Waals surface area (Å²) >= 11 is 0. The van der Waals surface area contributed by atoms with E-state index in [0.29, 0.717) is 12.1 Å². The summed E-state index contributed by atoms with van der Waals surface area (Å²) in [5.41, 5.74) is 0.613. The second kappa shape index (κ2) is 11.7. The second-order valence-corrected chi connectivity index (χ2v) is 12.1. The zero-order valence-electron chi connectivity index (χ0n) is 23.5. The fourth-order valence-electron chi connectivity index (χ4n) is 5.20. The van der Waals surface area contributed by atoms with Crippen LogP contribution in [-0.4, -0.2) is 49.2 Å². The lowest BCUT2D eigenvalue weighted by Crippen LogP contribution is -2.58. The van der Waals surface area contributed by atoms with Gasteiger partial charge in [0.25, 0.3) is 5.91 Å². The summed E-state index contributed by atoms with van der Waals surface area (Å²) in [7, 11) is -6.18. The molecule has 1 aliphatic heterocycles. The standard InChI is InChI=1S/C29H31F3N4O5S/c1-5-41-27(38)36(42(39,40)29(30,31)32)24-14-10-9-11-21(24)18-35-20(4)17-28(19(2)3,22-15-16-22)25(26(35)37)34-33-23-12-7-6-8-13-23/h6-15,19-20,33H,5,17-18H2,1-4H3/b34-25+/t20-,28-/m1/s1. The van der Waals surface area contributed by atoms with Crippen molar-refractivity contribution >= 4 is 39.1 Å². The third-order valence-electron chi connectivity index (χ3n) is 7.38. The number of carbonyl (C=O) groups is 2. The first kappa shape index (κ1) is 30.9. The van der Waals surface area contributed by atoms with Crippen LogP contribution in [0, 0.1) is 11.3 Å². The Morgan fingerprint density at radius 2 is 1.81 bits per heavy atom. The van der Waals surface area contributed by atoms with Crippen molar-refractivity contribution in [2.45, 2.75) is 52.2 Å². The fourth-order valence-corrected chi connectivity index (χ4v) is 6.09. The largest absolute Gasteiger partial charge is 0.517 e. The third kappa shape index (κ3) is 5.66. The first-order valence-electron chi connectivity index (χ1n) is 13.3. The van der Waals surface area contributed by atoms with Crippen LogP contribution in [0.2, 0.25) is 0 Å². The summed E-state index contributed by atoms with van der Waals surface area (Å²) in [6.07, 6.45) is 0.525. The number of sulfonamides is 1. The van der Waals surface area contributed by atoms with E-state index < -0.39 is 49.0 Å². The number of nitrogens with zero attached hydrogens (tertiary/aromatic N) is 3. The Hall–Kier alpha value is -4.09. The van der Waals surface area contributed by atoms with Crippen molar-refractivity contribution in [1.82, 2.24) is 4.90 Å². The van der Waals surface area contributed by atoms with Gasteiger partial charge in [0.15, 0.2) is 0 Å². The lowest BCUT2D eigenvalue weighted by Gasteiger charge is -2.47. The minimum atomic E-state index is -6.18. The Kier molecular flexibility index (Phi) is 8.56. The predicted molar refractivity (Wildman–Crippen MR) is 152 cm³/mol. The number of piperidine rings is 1. The minimum Gasteiger partial charge on any atom is -0.449 e. The number of carbonyl (C=O) groups excluding carboxylic acids is 2. The maximum atomic E-state index is 14.2. The highest BCUT2D eigenvalue weighted by atomic mass is 32.2. The van der Waals surface area contributed by atoms with Crippen LogP contribution in [0.15, 0.2) is 77.1 Å². The molecule has 0 bridgehead atoms. The molecule has 0 spiro atoms. The van der Waals surface area contributed by atoms with Crippen molar-refractivity contribution in [3.8, 4) is 0 Å². The van der Waals surface area contributed by atoms with Gasteiger partial charge >= 0.3 is 21.6 Å². The van der Waals surface area contributed by atoms with E-state index in [0.717, 1.165) is 11.6 Å². The van der Waals surface area contributed by atoms with Crippen molar-refractivity contribution < 1.29 is 35.9 Å². The normalized spacial score (nSPS) is 21.4. The van der Waals surface area contributed by atoms with E-state index in [1.807, 2.05) is 38.1 Å². The summed E-state index contributed by atoms with van der Waals surface area (Å²) < 4.78 is 70.4. The number of anilines is 2. The van der Waals surface area contributed by atoms with Crippen LogP contribution in [0.1, 0.15) is 39.7 Å². The molecule has 0 radical (unpaired) electrons. The molecule has 0 saturated carbocycles. The van der Waals surface area contributed by atoms with Crippen LogP contribution in [0.5, 0.6) is 0 Å². The van der Waals surface area contributed by atoms with E-state index >= 15 is 0 Å². The number of halogens is 3. The van der Waals surface area contributed by atoms with E-state index in [4.69, 9.17) is 4.74 Å². The molecule has 2 aromatic carbocycles. The zero-order valence-corrected chi connectivity index (χ0v) is 24.3. The van der Waals surface area contributed by atoms with Crippen LogP contribution in [-0.2, 0) is 26.1 Å². The van der Waals surface area contributed by atoms with Crippen molar-refractivity contribution in [3.63, 3.8) is 0 Å². The number of para-hydroxylation sites is 2. The predicted octanol–water partition coefficient (Wildman–Crippen LogP) is 5.83. The Morgan fingerprint density at radius 1 is 1.19 bits per heavy atom. The van der Waals surface area contributed by atoms with Gasteiger partial charge in [0.1, 0.15) is 5.71 Å². The third-order valence-corrected chi connectivity index (χ3v) is 8.79. The number of hydrogen-bond donors (Lipinski definition) is 1. The van der Waals surface area contributed by atoms with Crippen molar-refractivity contribution in [3.05, 3.63) is 77.5 Å². The van der Waals surface area contributed by atoms with E-state index in [2.05, 4.69) is 16.3 Å². The smallest absolute Gasteiger partial charge is 0.449 e. The summed E-state index contributed by atoms with van der Waals surface area (Å²) in [5.74, 6) is -0.552. The van der Waals surface area contributed by atoms with Gasteiger partial charge in [-0.3, -0.25) is 10.2 Å². The number of likely N-dealkylation sites (tertiary alicyclic amines) is 1. The molecular formula is C29H31F3N4O5S. The first-order chi connectivity index (χ1) is 19.8. The van der Waals surface area contributed by atoms with Crippen LogP contribution >= 0.6 is 0 Å². The maximum absolute atomic E-state index is 14.2. The van der Waals surface area contributed by atoms with Gasteiger partial charge < -0.3 is 9.64 Å². The molecule has 42 heavy (non-hydrogen) atoms. The van der Waals surface area contributed by atoms with E-state index in [1.165, 1.54) is 30.0 Å². The lowest BCUT2D eigenvalue weighted by molar-refractivity contribution is -0.129. The number of rotatable bonds is 9. The molecule has 2 amide bonds. The molecule has 2 aromatic rings. The van der Waals surface area contributed by atoms with Gasteiger partial charge in [0.05, 0.1) is 23.4 Å². The molecule has 13 heteroatoms. The number of alkyl halides is 3. The Morgan fingerprint density at radius 3 is 2.38 bits per heavy atom. The van der Waals surface area contributed by atoms with Gasteiger partial charge in [0.2, 0.25) is 0 Å². The summed E-state index contributed by atoms with van der Waals surface area (Å²) in [5, 5.41) is 4.54. The summed E-state index contributed by atoms with van der Waals surface area (Å²) in [6.45, 7) is 6.43. The van der Waals surface area contributed by atoms with Crippen LogP contribution in [0.4, 0.5) is 29.3 Å². The van der Waals surface area contributed by atoms with Crippen LogP contribution in [0.3, 0.4) is 0 Å². The molecule has 0 aromatic heterocycles. The van der Waals surface area contributed by atoms with Gasteiger partial charge in [-0.1, -0.05) is 50.2 Å². The van der Waals surface area contributed by atoms with E-state index in [1.54, 1.807) is 19.1 Å². The highest BCUT2D eigenvalue weighted by Gasteiger charge is 2.55. The van der Waals surface area contributed by atoms with Gasteiger partial charge in [-0.05, 0) is 56.0 Å². The second-order valence-electron chi connectivity index (χ2n) is 10.3. The number of amides is 2. The molecule has 9 nitrogen and oxygen atoms in total. The molecule has 224 valence electrons. The molecule has 0 unspecified atom stereocenters. The number of allylic oxidation sites excluding steroid dienone is 1. The maximum Gasteiger partial charge on any atom is 0.517 e. The minimum absolute atomic E-state index is 0.00486. The Labute approximate surface area is 242 Å². The summed E-state index contributed by atoms with van der Waals surface area (Å²) in [6, 6.07) is 13.8. The molecule has 1 heterocycles. The van der Waals surface area contributed by atoms with Gasteiger partial charge in [-0.15, -0.1) is 5.73 Å². The van der Waals surface area contributed by atoms with Crippen molar-refractivity contribution in [2.75, 3.05) is 16.3 Å². The lowest BCUT2D eigenvalue weighted by atomic mass is 9.64. The van der Waals surface area contributed by atoms with Crippen LogP contribution < -0.4 is 9.73 Å². The van der Waals surface area contributed by atoms with E-state index in [-0.39, 0.29) is 30.3 Å². The fraction of sp³-hybridized carbons (Fsp3) is 0.379. The number of benzene rings is 2. The molecular weight excluding hydrogens is 573 g/mol. The number of hydrogen-bond acceptors (Lipinski definition) is 7. The molecule has 2 atom stereocenters. The monoisotopic (exact) mass is 604 g/mol. The van der Waals surface area contributed by atoms with Crippen molar-refractivity contribution in [1.29, 1.82) is 0 Å². The molecule has 4 rings (SSSR count). The first-order valence-corrected chi connectivity index (χ1v) is 14.7. The highest BCUT2D eigenvalue weighted by molar-refractivity contribution is 7.94. The molecule has 1 N–H and O–H groups in total. The van der Waals surface area contributed by atoms with Crippen molar-refractivity contribution in [2.24, 2.45) is 16.4 Å². The Balaban J connectivity index is 1.78. The quantitative estimate of drug-likeness (QED) is 0.285. The average Bonchev–Trinajstić information content (AvgIpc) is 3.77. The number of nitrogens with one attached hydrogen (secondary N) is 1. The number of ether oxygens (including phenoxy) is 1. The topological polar surface area (TPSA) is 108 Å². The zero-order chi connectivity index (χ0) is 30.9. The molecule has 2 aliphatic rings. The number of hydrazone groups is 1.